The van der Waals surface area contributed by atoms with Crippen molar-refractivity contribution in [3.8, 4) is 35.4 Å². The summed E-state index contributed by atoms with van der Waals surface area (Å²) in [5.74, 6) is -0.949. The number of terminal acetylenes is 1. The first-order valence-corrected chi connectivity index (χ1v) is 26.0. The average molecular weight is 1040 g/mol. The van der Waals surface area contributed by atoms with E-state index >= 15 is 8.78 Å². The highest BCUT2D eigenvalue weighted by atomic mass is 19.1. The van der Waals surface area contributed by atoms with Gasteiger partial charge in [0, 0.05) is 87.2 Å². The Kier molecular flexibility index (Phi) is 13.5. The van der Waals surface area contributed by atoms with Gasteiger partial charge in [0.05, 0.1) is 27.6 Å². The average Bonchev–Trinajstić information content (AvgIpc) is 4.11. The summed E-state index contributed by atoms with van der Waals surface area (Å²) in [5.41, 5.74) is 1.30. The van der Waals surface area contributed by atoms with Crippen LogP contribution in [0, 0.1) is 24.0 Å². The van der Waals surface area contributed by atoms with E-state index in [1.807, 2.05) is 0 Å². The largest absolute Gasteiger partial charge is 0.508 e. The molecule has 2 bridgehead atoms. The summed E-state index contributed by atoms with van der Waals surface area (Å²) in [6.45, 7) is 7.56. The summed E-state index contributed by atoms with van der Waals surface area (Å²) in [7, 11) is 1.71. The number of imide groups is 2. The lowest BCUT2D eigenvalue weighted by Gasteiger charge is -2.35. The number of halogens is 2. The fraction of sp³-hybridized carbons (Fsp3) is 0.429. The second-order valence-electron chi connectivity index (χ2n) is 21.0. The summed E-state index contributed by atoms with van der Waals surface area (Å²) < 4.78 is 44.8. The molecule has 18 nitrogen and oxygen atoms in total. The number of piperazine rings is 1. The van der Waals surface area contributed by atoms with E-state index in [-0.39, 0.29) is 94.8 Å². The van der Waals surface area contributed by atoms with E-state index in [0.29, 0.717) is 61.4 Å². The molecule has 2 aromatic heterocycles. The molecule has 5 fully saturated rings. The molecule has 0 spiro atoms. The number of hydrogen-bond donors (Lipinski definition) is 4. The van der Waals surface area contributed by atoms with Crippen LogP contribution in [-0.4, -0.2) is 147 Å². The number of carbonyl (C=O) groups excluding carboxylic acids is 5. The van der Waals surface area contributed by atoms with E-state index in [9.17, 15) is 29.1 Å². The van der Waals surface area contributed by atoms with Gasteiger partial charge in [-0.3, -0.25) is 39.3 Å². The molecule has 0 saturated carbocycles. The van der Waals surface area contributed by atoms with Gasteiger partial charge in [-0.1, -0.05) is 43.0 Å². The van der Waals surface area contributed by atoms with Crippen LogP contribution in [0.25, 0.3) is 32.9 Å². The topological polar surface area (TPSA) is 212 Å². The second kappa shape index (κ2) is 20.4. The Balaban J connectivity index is 0.707. The molecular formula is C56H58F2N10O8. The van der Waals surface area contributed by atoms with Crippen LogP contribution in [0.2, 0.25) is 0 Å². The number of ether oxygens (including phenoxy) is 2. The number of anilines is 2. The van der Waals surface area contributed by atoms with E-state index in [4.69, 9.17) is 20.9 Å². The molecule has 11 rings (SSSR count). The third-order valence-electron chi connectivity index (χ3n) is 16.0. The zero-order chi connectivity index (χ0) is 53.0. The lowest BCUT2D eigenvalue weighted by Crippen LogP contribution is -2.54. The fourth-order valence-corrected chi connectivity index (χ4v) is 12.3. The molecule has 5 saturated heterocycles. The maximum absolute atomic E-state index is 17.2. The van der Waals surface area contributed by atoms with Gasteiger partial charge in [0.2, 0.25) is 11.8 Å². The first kappa shape index (κ1) is 50.4. The van der Waals surface area contributed by atoms with Gasteiger partial charge in [0.1, 0.15) is 47.9 Å². The third kappa shape index (κ3) is 9.29. The zero-order valence-corrected chi connectivity index (χ0v) is 42.1. The van der Waals surface area contributed by atoms with Crippen LogP contribution in [-0.2, 0) is 14.3 Å². The van der Waals surface area contributed by atoms with Crippen LogP contribution in [0.5, 0.6) is 11.8 Å². The molecule has 0 radical (unpaired) electrons. The van der Waals surface area contributed by atoms with Crippen LogP contribution >= 0.6 is 0 Å². The van der Waals surface area contributed by atoms with Crippen molar-refractivity contribution in [3.63, 3.8) is 0 Å². The summed E-state index contributed by atoms with van der Waals surface area (Å²) in [5, 5.41) is 20.9. The SMILES string of the molecule is C#Cc1c(F)ccc2cc(O)cc(-c3ncc4c(N5CC6CCC(C5)N6)nc(OC[C@@]56CC[C@@H](COC(=O)N(C)CCCCCCNc7cccc8c7C(=O)N(C7CCC(=O)NC7=O)C8=O)N5CC(=C)C6)nc4c3F)c12. The van der Waals surface area contributed by atoms with E-state index < -0.39 is 52.9 Å². The smallest absolute Gasteiger partial charge is 0.409 e. The number of phenolic OH excluding ortho intramolecular Hbond substituents is 1. The minimum Gasteiger partial charge on any atom is -0.508 e. The lowest BCUT2D eigenvalue weighted by molar-refractivity contribution is -0.136. The Labute approximate surface area is 437 Å². The van der Waals surface area contributed by atoms with E-state index in [2.05, 4.69) is 48.2 Å². The van der Waals surface area contributed by atoms with Gasteiger partial charge in [0.25, 0.3) is 11.8 Å². The molecule has 3 unspecified atom stereocenters. The summed E-state index contributed by atoms with van der Waals surface area (Å²) in [6, 6.07) is 9.74. The van der Waals surface area contributed by atoms with Crippen molar-refractivity contribution >= 4 is 62.9 Å². The van der Waals surface area contributed by atoms with Gasteiger partial charge in [0.15, 0.2) is 5.82 Å². The van der Waals surface area contributed by atoms with Crippen molar-refractivity contribution in [1.29, 1.82) is 0 Å². The number of benzene rings is 3. The van der Waals surface area contributed by atoms with Crippen molar-refractivity contribution < 1.29 is 47.3 Å². The maximum Gasteiger partial charge on any atom is 0.409 e. The van der Waals surface area contributed by atoms with Gasteiger partial charge < -0.3 is 35.0 Å². The Hall–Kier alpha value is -7.76. The Morgan fingerprint density at radius 2 is 1.82 bits per heavy atom. The van der Waals surface area contributed by atoms with E-state index in [1.165, 1.54) is 30.5 Å². The van der Waals surface area contributed by atoms with E-state index in [0.717, 1.165) is 61.8 Å². The molecular weight excluding hydrogens is 979 g/mol. The number of piperidine rings is 1. The predicted molar refractivity (Wildman–Crippen MR) is 278 cm³/mol. The van der Waals surface area contributed by atoms with Gasteiger partial charge in [-0.05, 0) is 87.1 Å². The second-order valence-corrected chi connectivity index (χ2v) is 21.0. The third-order valence-corrected chi connectivity index (χ3v) is 16.0. The Bertz CT molecular complexity index is 3280. The number of nitrogens with zero attached hydrogens (tertiary/aromatic N) is 7. The van der Waals surface area contributed by atoms with Crippen molar-refractivity contribution in [1.82, 2.24) is 40.3 Å². The standard InChI is InChI=1S/C56H58F2N10O8/c1-4-37-41(57)15-12-32-22-36(69)23-39(45(32)37)48-47(58)49-40(25-60-48)50(66-27-33-13-14-34(28-66)61-33)64-54(63-49)76-30-56-19-18-35(67(56)26-31(2)24-56)29-75-55(74)65(3)21-8-6-5-7-20-59-42-11-9-10-38-46(42)53(73)68(52(38)72)43-16-17-44(70)62-51(43)71/h1,9-12,15,22-23,25,33-35,43,59,61,69H,2,5-8,13-14,16-21,24,26-30H2,3H3,(H,62,70,71)/t33?,34?,35-,43?,56-/m0/s1. The first-order chi connectivity index (χ1) is 36.7. The number of nitrogens with one attached hydrogen (secondary N) is 3. The number of hydrogen-bond acceptors (Lipinski definition) is 15. The van der Waals surface area contributed by atoms with Gasteiger partial charge in [-0.25, -0.2) is 13.6 Å². The monoisotopic (exact) mass is 1040 g/mol. The number of pyridine rings is 1. The fourth-order valence-electron chi connectivity index (χ4n) is 12.3. The molecule has 6 aliphatic rings. The molecule has 5 aromatic rings. The molecule has 20 heteroatoms. The number of aromatic hydroxyl groups is 1. The van der Waals surface area contributed by atoms with Crippen LogP contribution in [0.3, 0.4) is 0 Å². The first-order valence-electron chi connectivity index (χ1n) is 26.0. The number of unbranched alkanes of at least 4 members (excludes halogenated alkanes) is 3. The quantitative estimate of drug-likeness (QED) is 0.0363. The number of fused-ring (bicyclic) bond motifs is 6. The molecule has 394 valence electrons. The van der Waals surface area contributed by atoms with Crippen LogP contribution in [0.1, 0.15) is 96.9 Å². The molecule has 76 heavy (non-hydrogen) atoms. The van der Waals surface area contributed by atoms with Crippen molar-refractivity contribution in [3.05, 3.63) is 89.1 Å². The number of aromatic nitrogens is 3. The minimum absolute atomic E-state index is 0.0196. The Morgan fingerprint density at radius 3 is 2.61 bits per heavy atom. The number of phenols is 1. The summed E-state index contributed by atoms with van der Waals surface area (Å²) in [4.78, 5) is 85.2. The summed E-state index contributed by atoms with van der Waals surface area (Å²) >= 11 is 0. The van der Waals surface area contributed by atoms with Crippen LogP contribution < -0.4 is 25.6 Å². The molecule has 5 atom stereocenters. The summed E-state index contributed by atoms with van der Waals surface area (Å²) in [6.07, 6.45) is 14.3. The van der Waals surface area contributed by atoms with Crippen LogP contribution in [0.15, 0.2) is 60.8 Å². The molecule has 5 amide bonds. The van der Waals surface area contributed by atoms with Crippen molar-refractivity contribution in [2.75, 3.05) is 63.2 Å². The highest BCUT2D eigenvalue weighted by molar-refractivity contribution is 6.25. The minimum atomic E-state index is -1.04. The molecule has 0 aliphatic carbocycles. The molecule has 8 heterocycles. The van der Waals surface area contributed by atoms with Gasteiger partial charge in [-0.15, -0.1) is 6.42 Å². The number of rotatable bonds is 16. The van der Waals surface area contributed by atoms with Gasteiger partial charge in [-0.2, -0.15) is 9.97 Å². The van der Waals surface area contributed by atoms with E-state index in [1.54, 1.807) is 30.1 Å². The predicted octanol–water partition coefficient (Wildman–Crippen LogP) is 6.43. The van der Waals surface area contributed by atoms with Crippen LogP contribution in [0.4, 0.5) is 25.1 Å². The molecule has 4 N–H and O–H groups in total. The highest BCUT2D eigenvalue weighted by Gasteiger charge is 2.52. The molecule has 3 aromatic carbocycles. The lowest BCUT2D eigenvalue weighted by atomic mass is 9.94. The molecule has 6 aliphatic heterocycles. The maximum atomic E-state index is 17.2. The van der Waals surface area contributed by atoms with Crippen molar-refractivity contribution in [2.45, 2.75) is 100 Å². The van der Waals surface area contributed by atoms with Gasteiger partial charge >= 0.3 is 12.1 Å². The number of carbonyl (C=O) groups is 5. The normalized spacial score (nSPS) is 23.1. The Morgan fingerprint density at radius 1 is 1.01 bits per heavy atom. The number of amides is 5. The highest BCUT2D eigenvalue weighted by Crippen LogP contribution is 2.45. The zero-order valence-electron chi connectivity index (χ0n) is 42.1. The van der Waals surface area contributed by atoms with Crippen molar-refractivity contribution in [2.24, 2.45) is 0 Å².